The smallest absolute Gasteiger partial charge is 0.247 e. The third-order valence-electron chi connectivity index (χ3n) is 7.08. The van der Waals surface area contributed by atoms with Crippen LogP contribution in [-0.4, -0.2) is 116 Å². The van der Waals surface area contributed by atoms with Crippen LogP contribution in [0, 0.1) is 3.57 Å². The van der Waals surface area contributed by atoms with Gasteiger partial charge in [-0.05, 0) is 47.2 Å². The molecule has 1 saturated heterocycles. The molecule has 3 rings (SSSR count). The van der Waals surface area contributed by atoms with Crippen molar-refractivity contribution in [3.05, 3.63) is 32.9 Å². The highest BCUT2D eigenvalue weighted by Gasteiger charge is 2.41. The number of hydrogen-bond donors (Lipinski definition) is 3. The van der Waals surface area contributed by atoms with Crippen LogP contribution in [0.4, 0.5) is 0 Å². The molecule has 1 fully saturated rings. The first-order valence-corrected chi connectivity index (χ1v) is 14.8. The van der Waals surface area contributed by atoms with Crippen LogP contribution < -0.4 is 14.8 Å². The Hall–Kier alpha value is -2.26. The first-order valence-electron chi connectivity index (χ1n) is 13.7. The summed E-state index contributed by atoms with van der Waals surface area (Å²) < 4.78 is 17.8. The SMILES string of the molecule is CCCCC(=O)N(CCN1CCOCC1)C1CC(C(=O)NCCO)=CC(Oc2c(I)cc(C=O)cc2OC)C1O. The molecule has 0 bridgehead atoms. The summed E-state index contributed by atoms with van der Waals surface area (Å²) in [6.45, 7) is 5.66. The summed E-state index contributed by atoms with van der Waals surface area (Å²) in [7, 11) is 1.45. The number of aliphatic hydroxyl groups excluding tert-OH is 2. The molecule has 0 saturated carbocycles. The molecule has 11 nitrogen and oxygen atoms in total. The van der Waals surface area contributed by atoms with E-state index in [0.717, 1.165) is 19.5 Å². The molecule has 0 aromatic heterocycles. The molecular formula is C28H40IN3O8. The fourth-order valence-electron chi connectivity index (χ4n) is 4.86. The van der Waals surface area contributed by atoms with E-state index in [0.29, 0.717) is 71.6 Å². The number of rotatable bonds is 14. The van der Waals surface area contributed by atoms with Crippen LogP contribution in [-0.2, 0) is 14.3 Å². The second-order valence-corrected chi connectivity index (χ2v) is 11.0. The molecule has 12 heteroatoms. The molecule has 40 heavy (non-hydrogen) atoms. The van der Waals surface area contributed by atoms with Gasteiger partial charge in [0.05, 0.1) is 36.5 Å². The van der Waals surface area contributed by atoms with Gasteiger partial charge in [0.15, 0.2) is 11.5 Å². The molecule has 1 heterocycles. The van der Waals surface area contributed by atoms with Crippen LogP contribution in [0.5, 0.6) is 11.5 Å². The molecular weight excluding hydrogens is 633 g/mol. The largest absolute Gasteiger partial charge is 0.493 e. The van der Waals surface area contributed by atoms with Crippen molar-refractivity contribution >= 4 is 40.7 Å². The van der Waals surface area contributed by atoms with Gasteiger partial charge in [-0.3, -0.25) is 19.3 Å². The molecule has 222 valence electrons. The van der Waals surface area contributed by atoms with Crippen molar-refractivity contribution in [1.82, 2.24) is 15.1 Å². The number of halogens is 1. The Labute approximate surface area is 249 Å². The fraction of sp³-hybridized carbons (Fsp3) is 0.607. The van der Waals surface area contributed by atoms with E-state index < -0.39 is 24.2 Å². The summed E-state index contributed by atoms with van der Waals surface area (Å²) >= 11 is 2.03. The van der Waals surface area contributed by atoms with Gasteiger partial charge in [0.2, 0.25) is 11.8 Å². The Kier molecular flexibility index (Phi) is 13.1. The van der Waals surface area contributed by atoms with Crippen LogP contribution in [0.2, 0.25) is 0 Å². The van der Waals surface area contributed by atoms with Gasteiger partial charge < -0.3 is 34.6 Å². The minimum atomic E-state index is -1.14. The monoisotopic (exact) mass is 673 g/mol. The number of methoxy groups -OCH3 is 1. The maximum Gasteiger partial charge on any atom is 0.247 e. The summed E-state index contributed by atoms with van der Waals surface area (Å²) in [4.78, 5) is 41.8. The molecule has 1 aromatic rings. The van der Waals surface area contributed by atoms with Crippen LogP contribution in [0.3, 0.4) is 0 Å². The van der Waals surface area contributed by atoms with E-state index in [1.165, 1.54) is 7.11 Å². The summed E-state index contributed by atoms with van der Waals surface area (Å²) in [5.41, 5.74) is 0.762. The highest BCUT2D eigenvalue weighted by Crippen LogP contribution is 2.37. The van der Waals surface area contributed by atoms with Crippen molar-refractivity contribution < 1.29 is 38.8 Å². The van der Waals surface area contributed by atoms with E-state index in [9.17, 15) is 24.6 Å². The van der Waals surface area contributed by atoms with Crippen molar-refractivity contribution in [1.29, 1.82) is 0 Å². The van der Waals surface area contributed by atoms with Gasteiger partial charge in [0.1, 0.15) is 18.5 Å². The van der Waals surface area contributed by atoms with Crippen LogP contribution in [0.1, 0.15) is 43.0 Å². The Morgan fingerprint density at radius 3 is 2.70 bits per heavy atom. The minimum Gasteiger partial charge on any atom is -0.493 e. The van der Waals surface area contributed by atoms with Crippen molar-refractivity contribution in [3.63, 3.8) is 0 Å². The Morgan fingerprint density at radius 1 is 1.30 bits per heavy atom. The number of morpholine rings is 1. The predicted molar refractivity (Wildman–Crippen MR) is 157 cm³/mol. The highest BCUT2D eigenvalue weighted by molar-refractivity contribution is 14.1. The molecule has 1 aromatic carbocycles. The number of nitrogens with zero attached hydrogens (tertiary/aromatic N) is 2. The first kappa shape index (κ1) is 32.3. The van der Waals surface area contributed by atoms with E-state index in [1.807, 2.05) is 29.5 Å². The first-order chi connectivity index (χ1) is 19.3. The predicted octanol–water partition coefficient (Wildman–Crippen LogP) is 1.38. The van der Waals surface area contributed by atoms with Crippen molar-refractivity contribution in [2.24, 2.45) is 0 Å². The lowest BCUT2D eigenvalue weighted by Crippen LogP contribution is -2.56. The van der Waals surface area contributed by atoms with E-state index in [1.54, 1.807) is 23.1 Å². The maximum absolute atomic E-state index is 13.5. The average Bonchev–Trinajstić information content (AvgIpc) is 2.97. The zero-order valence-electron chi connectivity index (χ0n) is 23.1. The van der Waals surface area contributed by atoms with E-state index in [-0.39, 0.29) is 25.5 Å². The number of aldehydes is 1. The number of carbonyl (C=O) groups is 3. The molecule has 0 radical (unpaired) electrons. The zero-order valence-corrected chi connectivity index (χ0v) is 25.3. The number of nitrogens with one attached hydrogen (secondary N) is 1. The molecule has 1 aliphatic carbocycles. The van der Waals surface area contributed by atoms with Gasteiger partial charge in [0.25, 0.3) is 0 Å². The fourth-order valence-corrected chi connectivity index (χ4v) is 5.61. The number of amides is 2. The second kappa shape index (κ2) is 16.2. The summed E-state index contributed by atoms with van der Waals surface area (Å²) in [5.74, 6) is 0.150. The Bertz CT molecular complexity index is 1050. The standard InChI is InChI=1S/C28H40IN3O8/c1-3-4-5-25(35)32(8-7-31-9-12-39-13-10-31)22-16-20(28(37)30-6-11-33)17-23(26(22)36)40-27-21(29)14-19(18-34)15-24(27)38-2/h14-15,17-18,22-23,26,33,36H,3-13,16H2,1-2H3,(H,30,37). The van der Waals surface area contributed by atoms with E-state index in [2.05, 4.69) is 10.2 Å². The molecule has 2 aliphatic rings. The lowest BCUT2D eigenvalue weighted by molar-refractivity contribution is -0.139. The minimum absolute atomic E-state index is 0.0734. The van der Waals surface area contributed by atoms with Gasteiger partial charge in [-0.15, -0.1) is 0 Å². The third-order valence-corrected chi connectivity index (χ3v) is 7.88. The van der Waals surface area contributed by atoms with Crippen LogP contribution >= 0.6 is 22.6 Å². The summed E-state index contributed by atoms with van der Waals surface area (Å²) in [6.07, 6.45) is 2.18. The van der Waals surface area contributed by atoms with Crippen molar-refractivity contribution in [2.75, 3.05) is 59.7 Å². The third kappa shape index (κ3) is 8.62. The normalized spacial score (nSPS) is 21.3. The number of hydrogen-bond acceptors (Lipinski definition) is 9. The second-order valence-electron chi connectivity index (χ2n) is 9.81. The van der Waals surface area contributed by atoms with Crippen LogP contribution in [0.25, 0.3) is 0 Å². The molecule has 0 spiro atoms. The highest BCUT2D eigenvalue weighted by atomic mass is 127. The lowest BCUT2D eigenvalue weighted by atomic mass is 9.88. The Morgan fingerprint density at radius 2 is 2.05 bits per heavy atom. The van der Waals surface area contributed by atoms with Crippen molar-refractivity contribution in [2.45, 2.75) is 50.9 Å². The number of ether oxygens (including phenoxy) is 3. The number of aliphatic hydroxyl groups is 2. The molecule has 3 N–H and O–H groups in total. The number of benzene rings is 1. The Balaban J connectivity index is 1.95. The number of carbonyl (C=O) groups excluding carboxylic acids is 3. The van der Waals surface area contributed by atoms with E-state index >= 15 is 0 Å². The molecule has 3 unspecified atom stereocenters. The van der Waals surface area contributed by atoms with Gasteiger partial charge in [-0.25, -0.2) is 0 Å². The number of unbranched alkanes of at least 4 members (excludes halogenated alkanes) is 1. The van der Waals surface area contributed by atoms with Gasteiger partial charge in [0, 0.05) is 56.7 Å². The molecule has 1 aliphatic heterocycles. The summed E-state index contributed by atoms with van der Waals surface area (Å²) in [6, 6.07) is 2.46. The topological polar surface area (TPSA) is 138 Å². The van der Waals surface area contributed by atoms with Gasteiger partial charge in [-0.1, -0.05) is 13.3 Å². The average molecular weight is 674 g/mol. The van der Waals surface area contributed by atoms with Crippen LogP contribution in [0.15, 0.2) is 23.8 Å². The maximum atomic E-state index is 13.5. The molecule has 3 atom stereocenters. The molecule has 2 amide bonds. The lowest BCUT2D eigenvalue weighted by Gasteiger charge is -2.41. The zero-order chi connectivity index (χ0) is 29.1. The van der Waals surface area contributed by atoms with Crippen molar-refractivity contribution in [3.8, 4) is 11.5 Å². The van der Waals surface area contributed by atoms with Gasteiger partial charge >= 0.3 is 0 Å². The summed E-state index contributed by atoms with van der Waals surface area (Å²) in [5, 5.41) is 23.5. The quantitative estimate of drug-likeness (QED) is 0.198. The van der Waals surface area contributed by atoms with E-state index in [4.69, 9.17) is 14.2 Å². The van der Waals surface area contributed by atoms with Gasteiger partial charge in [-0.2, -0.15) is 0 Å².